The van der Waals surface area contributed by atoms with Crippen molar-refractivity contribution < 1.29 is 17.9 Å². The molecule has 10 heteroatoms. The summed E-state index contributed by atoms with van der Waals surface area (Å²) < 4.78 is 33.1. The van der Waals surface area contributed by atoms with E-state index in [1.807, 2.05) is 6.07 Å². The van der Waals surface area contributed by atoms with Gasteiger partial charge >= 0.3 is 6.09 Å². The molecular formula is C24H27ClN4O4S. The van der Waals surface area contributed by atoms with E-state index in [-0.39, 0.29) is 12.3 Å². The average molecular weight is 503 g/mol. The lowest BCUT2D eigenvalue weighted by molar-refractivity contribution is 0.0285. The second-order valence-electron chi connectivity index (χ2n) is 8.70. The maximum Gasteiger partial charge on any atom is 0.410 e. The van der Waals surface area contributed by atoms with Crippen LogP contribution in [0.25, 0.3) is 17.3 Å². The first-order chi connectivity index (χ1) is 15.9. The normalized spacial score (nSPS) is 12.1. The number of halogens is 1. The molecule has 3 aromatic rings. The molecule has 8 nitrogen and oxygen atoms in total. The van der Waals surface area contributed by atoms with E-state index in [1.54, 1.807) is 76.6 Å². The number of nitrogens with zero attached hydrogens (tertiary/aromatic N) is 4. The first-order valence-electron chi connectivity index (χ1n) is 10.5. The van der Waals surface area contributed by atoms with Gasteiger partial charge in [-0.2, -0.15) is 0 Å². The highest BCUT2D eigenvalue weighted by atomic mass is 35.5. The number of amides is 1. The van der Waals surface area contributed by atoms with E-state index in [1.165, 1.54) is 21.3 Å². The predicted molar refractivity (Wildman–Crippen MR) is 133 cm³/mol. The van der Waals surface area contributed by atoms with E-state index >= 15 is 0 Å². The van der Waals surface area contributed by atoms with Crippen LogP contribution in [0.1, 0.15) is 31.9 Å². The summed E-state index contributed by atoms with van der Waals surface area (Å²) in [4.78, 5) is 21.9. The molecule has 3 aromatic heterocycles. The minimum Gasteiger partial charge on any atom is -0.444 e. The lowest BCUT2D eigenvalue weighted by Gasteiger charge is -2.24. The van der Waals surface area contributed by atoms with Gasteiger partial charge in [0, 0.05) is 37.4 Å². The monoisotopic (exact) mass is 502 g/mol. The molecule has 3 heterocycles. The Hall–Kier alpha value is -3.17. The molecule has 0 radical (unpaired) electrons. The van der Waals surface area contributed by atoms with Crippen molar-refractivity contribution in [3.8, 4) is 11.3 Å². The zero-order valence-electron chi connectivity index (χ0n) is 19.5. The second-order valence-corrected chi connectivity index (χ2v) is 11.0. The Balaban J connectivity index is 1.91. The van der Waals surface area contributed by atoms with Crippen molar-refractivity contribution in [2.45, 2.75) is 32.9 Å². The maximum absolute atomic E-state index is 13.2. The fraction of sp³-hybridized carbons (Fsp3) is 0.292. The van der Waals surface area contributed by atoms with Crippen molar-refractivity contribution in [2.24, 2.45) is 0 Å². The molecular weight excluding hydrogens is 476 g/mol. The molecule has 0 fully saturated rings. The van der Waals surface area contributed by atoms with Crippen molar-refractivity contribution in [3.05, 3.63) is 77.5 Å². The van der Waals surface area contributed by atoms with Gasteiger partial charge in [-0.3, -0.25) is 4.98 Å². The fourth-order valence-corrected chi connectivity index (χ4v) is 4.46. The van der Waals surface area contributed by atoms with Gasteiger partial charge in [0.2, 0.25) is 10.0 Å². The summed E-state index contributed by atoms with van der Waals surface area (Å²) >= 11 is 5.91. The molecule has 0 N–H and O–H groups in total. The third kappa shape index (κ3) is 6.91. The van der Waals surface area contributed by atoms with Crippen LogP contribution in [0, 0.1) is 0 Å². The van der Waals surface area contributed by atoms with Gasteiger partial charge in [0.1, 0.15) is 10.8 Å². The molecule has 1 amide bonds. The van der Waals surface area contributed by atoms with Crippen LogP contribution in [0.5, 0.6) is 0 Å². The zero-order valence-corrected chi connectivity index (χ0v) is 21.0. The standard InChI is InChI=1S/C24H27ClN4O4S/c1-24(2,3)33-23(30)28(4)16-19-13-21(20-9-10-22(25)27-15-20)29(17-19)34(31,32)12-6-8-18-7-5-11-26-14-18/h5-11,13-15,17H,12,16H2,1-4H3. The second kappa shape index (κ2) is 10.4. The van der Waals surface area contributed by atoms with E-state index in [2.05, 4.69) is 9.97 Å². The summed E-state index contributed by atoms with van der Waals surface area (Å²) in [6, 6.07) is 8.62. The highest BCUT2D eigenvalue weighted by molar-refractivity contribution is 7.90. The van der Waals surface area contributed by atoms with E-state index in [0.29, 0.717) is 22.0 Å². The van der Waals surface area contributed by atoms with Crippen molar-refractivity contribution in [1.29, 1.82) is 0 Å². The number of carbonyl (C=O) groups excluding carboxylic acids is 1. The van der Waals surface area contributed by atoms with Gasteiger partial charge in [-0.05, 0) is 56.2 Å². The number of pyridine rings is 2. The summed E-state index contributed by atoms with van der Waals surface area (Å²) in [5, 5.41) is 0.300. The van der Waals surface area contributed by atoms with Crippen LogP contribution in [0.2, 0.25) is 5.15 Å². The lowest BCUT2D eigenvalue weighted by atomic mass is 10.2. The minimum atomic E-state index is -3.77. The summed E-state index contributed by atoms with van der Waals surface area (Å²) in [6.07, 6.45) is 9.09. The van der Waals surface area contributed by atoms with Gasteiger partial charge in [0.15, 0.2) is 0 Å². The minimum absolute atomic E-state index is 0.164. The fourth-order valence-electron chi connectivity index (χ4n) is 3.09. The van der Waals surface area contributed by atoms with Crippen LogP contribution >= 0.6 is 11.6 Å². The summed E-state index contributed by atoms with van der Waals surface area (Å²) in [6.45, 7) is 5.52. The molecule has 0 aliphatic carbocycles. The number of carbonyl (C=O) groups is 1. The Morgan fingerprint density at radius 2 is 2.00 bits per heavy atom. The van der Waals surface area contributed by atoms with E-state index in [0.717, 1.165) is 5.56 Å². The maximum atomic E-state index is 13.2. The third-order valence-corrected chi connectivity index (χ3v) is 6.33. The number of hydrogen-bond acceptors (Lipinski definition) is 6. The van der Waals surface area contributed by atoms with Gasteiger partial charge in [0.05, 0.1) is 18.0 Å². The molecule has 0 aliphatic rings. The first-order valence-corrected chi connectivity index (χ1v) is 12.5. The first kappa shape index (κ1) is 25.5. The van der Waals surface area contributed by atoms with Gasteiger partial charge in [-0.1, -0.05) is 29.8 Å². The Bertz CT molecular complexity index is 1260. The zero-order chi connectivity index (χ0) is 24.9. The van der Waals surface area contributed by atoms with Crippen LogP contribution in [0.3, 0.4) is 0 Å². The highest BCUT2D eigenvalue weighted by Gasteiger charge is 2.23. The highest BCUT2D eigenvalue weighted by Crippen LogP contribution is 2.26. The smallest absolute Gasteiger partial charge is 0.410 e. The van der Waals surface area contributed by atoms with Crippen LogP contribution in [-0.2, 0) is 21.3 Å². The van der Waals surface area contributed by atoms with Crippen LogP contribution < -0.4 is 0 Å². The molecule has 0 spiro atoms. The van der Waals surface area contributed by atoms with E-state index in [9.17, 15) is 13.2 Å². The van der Waals surface area contributed by atoms with Gasteiger partial charge in [0.25, 0.3) is 0 Å². The Kier molecular flexibility index (Phi) is 7.78. The van der Waals surface area contributed by atoms with E-state index < -0.39 is 21.7 Å². The molecule has 0 aromatic carbocycles. The SMILES string of the molecule is CN(Cc1cc(-c2ccc(Cl)nc2)n(S(=O)(=O)CC=Cc2cccnc2)c1)C(=O)OC(C)(C)C. The number of ether oxygens (including phenoxy) is 1. The van der Waals surface area contributed by atoms with Crippen molar-refractivity contribution >= 4 is 33.8 Å². The van der Waals surface area contributed by atoms with Crippen LogP contribution in [0.4, 0.5) is 4.79 Å². The number of hydrogen-bond donors (Lipinski definition) is 0. The molecule has 0 unspecified atom stereocenters. The Morgan fingerprint density at radius 1 is 1.24 bits per heavy atom. The summed E-state index contributed by atoms with van der Waals surface area (Å²) in [7, 11) is -2.17. The largest absolute Gasteiger partial charge is 0.444 e. The van der Waals surface area contributed by atoms with Crippen molar-refractivity contribution in [2.75, 3.05) is 12.8 Å². The van der Waals surface area contributed by atoms with Gasteiger partial charge in [-0.25, -0.2) is 22.2 Å². The molecule has 0 bridgehead atoms. The Labute approximate surface area is 204 Å². The summed E-state index contributed by atoms with van der Waals surface area (Å²) in [5.74, 6) is -0.230. The van der Waals surface area contributed by atoms with Crippen LogP contribution in [0.15, 0.2) is 61.2 Å². The van der Waals surface area contributed by atoms with Gasteiger partial charge in [-0.15, -0.1) is 0 Å². The van der Waals surface area contributed by atoms with Crippen LogP contribution in [-0.4, -0.2) is 51.8 Å². The lowest BCUT2D eigenvalue weighted by Crippen LogP contribution is -2.33. The number of rotatable bonds is 7. The molecule has 0 atom stereocenters. The topological polar surface area (TPSA) is 94.4 Å². The number of aromatic nitrogens is 3. The molecule has 0 saturated carbocycles. The molecule has 0 saturated heterocycles. The molecule has 0 aliphatic heterocycles. The Morgan fingerprint density at radius 3 is 2.62 bits per heavy atom. The van der Waals surface area contributed by atoms with E-state index in [4.69, 9.17) is 16.3 Å². The molecule has 180 valence electrons. The van der Waals surface area contributed by atoms with Gasteiger partial charge < -0.3 is 9.64 Å². The summed E-state index contributed by atoms with van der Waals surface area (Å²) in [5.41, 5.74) is 1.79. The quantitative estimate of drug-likeness (QED) is 0.428. The molecule has 3 rings (SSSR count). The van der Waals surface area contributed by atoms with Crippen molar-refractivity contribution in [3.63, 3.8) is 0 Å². The van der Waals surface area contributed by atoms with Crippen molar-refractivity contribution in [1.82, 2.24) is 18.8 Å². The molecule has 34 heavy (non-hydrogen) atoms. The predicted octanol–water partition coefficient (Wildman–Crippen LogP) is 4.86. The third-order valence-electron chi connectivity index (χ3n) is 4.59. The average Bonchev–Trinajstić information content (AvgIpc) is 3.18.